The minimum atomic E-state index is -0.605. The first-order chi connectivity index (χ1) is 9.38. The SMILES string of the molecule is CC(CC1CC1)NC(=O)c1cc([N+](=O)[O-])cc(Cl)c1Cl. The highest BCUT2D eigenvalue weighted by Crippen LogP contribution is 2.34. The van der Waals surface area contributed by atoms with Crippen LogP contribution in [0, 0.1) is 16.0 Å². The summed E-state index contributed by atoms with van der Waals surface area (Å²) in [4.78, 5) is 22.3. The summed E-state index contributed by atoms with van der Waals surface area (Å²) in [6, 6.07) is 2.28. The third kappa shape index (κ3) is 3.61. The standard InChI is InChI=1S/C13H14Cl2N2O3/c1-7(4-8-2-3-8)16-13(18)10-5-9(17(19)20)6-11(14)12(10)15/h5-8H,2-4H2,1H3,(H,16,18). The number of hydrogen-bond donors (Lipinski definition) is 1. The van der Waals surface area contributed by atoms with Gasteiger partial charge < -0.3 is 5.32 Å². The number of halogens is 2. The van der Waals surface area contributed by atoms with Crippen LogP contribution in [0.4, 0.5) is 5.69 Å². The van der Waals surface area contributed by atoms with Gasteiger partial charge in [0.1, 0.15) is 0 Å². The fraction of sp³-hybridized carbons (Fsp3) is 0.462. The van der Waals surface area contributed by atoms with Crippen LogP contribution in [0.25, 0.3) is 0 Å². The zero-order valence-corrected chi connectivity index (χ0v) is 12.4. The number of carbonyl (C=O) groups is 1. The maximum atomic E-state index is 12.1. The number of carbonyl (C=O) groups excluding carboxylic acids is 1. The molecule has 0 saturated heterocycles. The number of hydrogen-bond acceptors (Lipinski definition) is 3. The first-order valence-corrected chi connectivity index (χ1v) is 7.08. The topological polar surface area (TPSA) is 72.2 Å². The Hall–Kier alpha value is -1.33. The molecule has 1 aromatic rings. The lowest BCUT2D eigenvalue weighted by Crippen LogP contribution is -2.33. The zero-order valence-electron chi connectivity index (χ0n) is 10.9. The number of non-ortho nitro benzene ring substituents is 1. The van der Waals surface area contributed by atoms with Crippen LogP contribution in [-0.4, -0.2) is 16.9 Å². The Morgan fingerprint density at radius 1 is 1.50 bits per heavy atom. The molecule has 2 rings (SSSR count). The van der Waals surface area contributed by atoms with E-state index in [9.17, 15) is 14.9 Å². The summed E-state index contributed by atoms with van der Waals surface area (Å²) in [7, 11) is 0. The molecular weight excluding hydrogens is 303 g/mol. The molecule has 0 aromatic heterocycles. The van der Waals surface area contributed by atoms with E-state index in [4.69, 9.17) is 23.2 Å². The summed E-state index contributed by atoms with van der Waals surface area (Å²) >= 11 is 11.8. The largest absolute Gasteiger partial charge is 0.350 e. The molecule has 1 amide bonds. The molecule has 0 bridgehead atoms. The van der Waals surface area contributed by atoms with Crippen molar-refractivity contribution in [2.24, 2.45) is 5.92 Å². The van der Waals surface area contributed by atoms with E-state index in [2.05, 4.69) is 5.32 Å². The molecule has 7 heteroatoms. The lowest BCUT2D eigenvalue weighted by atomic mass is 10.1. The fourth-order valence-electron chi connectivity index (χ4n) is 2.06. The van der Waals surface area contributed by atoms with Gasteiger partial charge in [0.15, 0.2) is 0 Å². The molecule has 1 N–H and O–H groups in total. The Balaban J connectivity index is 2.17. The minimum Gasteiger partial charge on any atom is -0.350 e. The lowest BCUT2D eigenvalue weighted by Gasteiger charge is -2.14. The van der Waals surface area contributed by atoms with Gasteiger partial charge in [-0.25, -0.2) is 0 Å². The fourth-order valence-corrected chi connectivity index (χ4v) is 2.47. The Kier molecular flexibility index (Phi) is 4.50. The van der Waals surface area contributed by atoms with Gasteiger partial charge in [0.05, 0.1) is 20.5 Å². The number of rotatable bonds is 5. The Labute approximate surface area is 126 Å². The Bertz CT molecular complexity index is 559. The summed E-state index contributed by atoms with van der Waals surface area (Å²) in [6.45, 7) is 1.91. The second kappa shape index (κ2) is 5.97. The quantitative estimate of drug-likeness (QED) is 0.663. The van der Waals surface area contributed by atoms with Gasteiger partial charge in [-0.2, -0.15) is 0 Å². The van der Waals surface area contributed by atoms with E-state index in [0.29, 0.717) is 5.92 Å². The van der Waals surface area contributed by atoms with Crippen molar-refractivity contribution in [2.75, 3.05) is 0 Å². The molecule has 0 heterocycles. The van der Waals surface area contributed by atoms with Crippen LogP contribution >= 0.6 is 23.2 Å². The maximum Gasteiger partial charge on any atom is 0.271 e. The van der Waals surface area contributed by atoms with E-state index >= 15 is 0 Å². The second-order valence-corrected chi connectivity index (χ2v) is 5.88. The van der Waals surface area contributed by atoms with E-state index in [1.807, 2.05) is 6.92 Å². The lowest BCUT2D eigenvalue weighted by molar-refractivity contribution is -0.384. The molecule has 1 unspecified atom stereocenters. The van der Waals surface area contributed by atoms with Gasteiger partial charge in [-0.05, 0) is 19.3 Å². The van der Waals surface area contributed by atoms with Crippen LogP contribution in [0.1, 0.15) is 36.5 Å². The highest BCUT2D eigenvalue weighted by atomic mass is 35.5. The van der Waals surface area contributed by atoms with Crippen LogP contribution in [0.15, 0.2) is 12.1 Å². The van der Waals surface area contributed by atoms with Crippen molar-refractivity contribution in [3.63, 3.8) is 0 Å². The first kappa shape index (κ1) is 15.1. The molecule has 1 aliphatic rings. The van der Waals surface area contributed by atoms with E-state index in [1.54, 1.807) is 0 Å². The van der Waals surface area contributed by atoms with Crippen LogP contribution in [0.5, 0.6) is 0 Å². The van der Waals surface area contributed by atoms with Crippen LogP contribution in [0.3, 0.4) is 0 Å². The third-order valence-electron chi connectivity index (χ3n) is 3.23. The zero-order chi connectivity index (χ0) is 14.9. The summed E-state index contributed by atoms with van der Waals surface area (Å²) in [5.41, 5.74) is -0.215. The highest BCUT2D eigenvalue weighted by Gasteiger charge is 2.25. The minimum absolute atomic E-state index is 0.000799. The monoisotopic (exact) mass is 316 g/mol. The van der Waals surface area contributed by atoms with Crippen molar-refractivity contribution < 1.29 is 9.72 Å². The molecule has 1 aromatic carbocycles. The summed E-state index contributed by atoms with van der Waals surface area (Å²) in [5.74, 6) is 0.239. The first-order valence-electron chi connectivity index (χ1n) is 6.32. The molecule has 1 saturated carbocycles. The van der Waals surface area contributed by atoms with Gasteiger partial charge in [0.2, 0.25) is 0 Å². The second-order valence-electron chi connectivity index (χ2n) is 5.10. The van der Waals surface area contributed by atoms with Crippen molar-refractivity contribution in [1.29, 1.82) is 0 Å². The van der Waals surface area contributed by atoms with Gasteiger partial charge in [-0.3, -0.25) is 14.9 Å². The van der Waals surface area contributed by atoms with Crippen molar-refractivity contribution in [3.05, 3.63) is 37.9 Å². The molecule has 0 radical (unpaired) electrons. The number of amides is 1. The van der Waals surface area contributed by atoms with Gasteiger partial charge in [-0.1, -0.05) is 36.0 Å². The van der Waals surface area contributed by atoms with E-state index in [0.717, 1.165) is 18.6 Å². The number of nitrogens with one attached hydrogen (secondary N) is 1. The van der Waals surface area contributed by atoms with E-state index in [-0.39, 0.29) is 27.3 Å². The average molecular weight is 317 g/mol. The molecule has 108 valence electrons. The van der Waals surface area contributed by atoms with Crippen molar-refractivity contribution in [3.8, 4) is 0 Å². The van der Waals surface area contributed by atoms with Crippen LogP contribution in [-0.2, 0) is 0 Å². The molecule has 1 atom stereocenters. The maximum absolute atomic E-state index is 12.1. The van der Waals surface area contributed by atoms with E-state index in [1.165, 1.54) is 12.8 Å². The molecule has 0 aliphatic heterocycles. The van der Waals surface area contributed by atoms with E-state index < -0.39 is 10.8 Å². The molecule has 20 heavy (non-hydrogen) atoms. The highest BCUT2D eigenvalue weighted by molar-refractivity contribution is 6.44. The Morgan fingerprint density at radius 2 is 2.15 bits per heavy atom. The van der Waals surface area contributed by atoms with Crippen LogP contribution < -0.4 is 5.32 Å². The average Bonchev–Trinajstić information content (AvgIpc) is 3.15. The summed E-state index contributed by atoms with van der Waals surface area (Å²) in [5, 5.41) is 13.6. The number of nitro benzene ring substituents is 1. The third-order valence-corrected chi connectivity index (χ3v) is 4.03. The number of nitro groups is 1. The molecular formula is C13H14Cl2N2O3. The Morgan fingerprint density at radius 3 is 2.70 bits per heavy atom. The molecule has 5 nitrogen and oxygen atoms in total. The van der Waals surface area contributed by atoms with Crippen molar-refractivity contribution in [1.82, 2.24) is 5.32 Å². The van der Waals surface area contributed by atoms with Gasteiger partial charge in [0.25, 0.3) is 11.6 Å². The van der Waals surface area contributed by atoms with Gasteiger partial charge in [-0.15, -0.1) is 0 Å². The normalized spacial score (nSPS) is 15.8. The van der Waals surface area contributed by atoms with Crippen LogP contribution in [0.2, 0.25) is 10.0 Å². The predicted octanol–water partition coefficient (Wildman–Crippen LogP) is 3.82. The predicted molar refractivity (Wildman–Crippen MR) is 77.4 cm³/mol. The van der Waals surface area contributed by atoms with Crippen molar-refractivity contribution >= 4 is 34.8 Å². The summed E-state index contributed by atoms with van der Waals surface area (Å²) in [6.07, 6.45) is 3.30. The smallest absolute Gasteiger partial charge is 0.271 e. The number of nitrogens with zero attached hydrogens (tertiary/aromatic N) is 1. The molecule has 1 fully saturated rings. The molecule has 0 spiro atoms. The van der Waals surface area contributed by atoms with Crippen molar-refractivity contribution in [2.45, 2.75) is 32.2 Å². The molecule has 1 aliphatic carbocycles. The number of benzene rings is 1. The van der Waals surface area contributed by atoms with Gasteiger partial charge in [0, 0.05) is 18.2 Å². The van der Waals surface area contributed by atoms with Gasteiger partial charge >= 0.3 is 0 Å². The summed E-state index contributed by atoms with van der Waals surface area (Å²) < 4.78 is 0.